The first-order chi connectivity index (χ1) is 9.83. The molecule has 5 nitrogen and oxygen atoms in total. The highest BCUT2D eigenvalue weighted by molar-refractivity contribution is 5.82. The van der Waals surface area contributed by atoms with Crippen LogP contribution >= 0.6 is 0 Å². The van der Waals surface area contributed by atoms with Crippen LogP contribution in [0.1, 0.15) is 24.6 Å². The first kappa shape index (κ1) is 11.7. The van der Waals surface area contributed by atoms with E-state index in [0.29, 0.717) is 6.04 Å². The quantitative estimate of drug-likeness (QED) is 0.749. The fraction of sp³-hybridized carbons (Fsp3) is 0.333. The van der Waals surface area contributed by atoms with Gasteiger partial charge in [-0.1, -0.05) is 6.07 Å². The molecule has 0 aliphatic carbocycles. The summed E-state index contributed by atoms with van der Waals surface area (Å²) in [5.74, 6) is 0. The molecule has 1 aromatic carbocycles. The molecule has 1 aliphatic heterocycles. The molecule has 0 spiro atoms. The van der Waals surface area contributed by atoms with Crippen molar-refractivity contribution in [3.63, 3.8) is 0 Å². The molecular formula is C15H17N5. The molecule has 102 valence electrons. The summed E-state index contributed by atoms with van der Waals surface area (Å²) in [6.07, 6.45) is 6.16. The third-order valence-electron chi connectivity index (χ3n) is 4.11. The number of rotatable bonds is 2. The van der Waals surface area contributed by atoms with Crippen LogP contribution in [-0.2, 0) is 7.05 Å². The third kappa shape index (κ3) is 1.74. The Morgan fingerprint density at radius 2 is 2.30 bits per heavy atom. The van der Waals surface area contributed by atoms with E-state index >= 15 is 0 Å². The van der Waals surface area contributed by atoms with Crippen LogP contribution in [0.3, 0.4) is 0 Å². The smallest absolute Gasteiger partial charge is 0.0955 e. The van der Waals surface area contributed by atoms with Crippen molar-refractivity contribution in [1.82, 2.24) is 25.1 Å². The molecule has 0 amide bonds. The number of nitrogens with zero attached hydrogens (tertiary/aromatic N) is 3. The minimum Gasteiger partial charge on any atom is -0.334 e. The lowest BCUT2D eigenvalue weighted by Gasteiger charge is -2.10. The minimum absolute atomic E-state index is 0.395. The van der Waals surface area contributed by atoms with E-state index in [1.807, 2.05) is 24.1 Å². The van der Waals surface area contributed by atoms with E-state index in [1.54, 1.807) is 0 Å². The summed E-state index contributed by atoms with van der Waals surface area (Å²) in [6.45, 7) is 1.09. The molecule has 2 N–H and O–H groups in total. The second kappa shape index (κ2) is 4.45. The minimum atomic E-state index is 0.395. The molecule has 4 rings (SSSR count). The first-order valence-electron chi connectivity index (χ1n) is 7.01. The molecule has 0 saturated carbocycles. The van der Waals surface area contributed by atoms with Gasteiger partial charge in [-0.05, 0) is 37.1 Å². The van der Waals surface area contributed by atoms with Gasteiger partial charge in [0.05, 0.1) is 29.3 Å². The van der Waals surface area contributed by atoms with Gasteiger partial charge >= 0.3 is 0 Å². The Bertz CT molecular complexity index is 749. The summed E-state index contributed by atoms with van der Waals surface area (Å²) in [5, 5.41) is 10.9. The van der Waals surface area contributed by atoms with Gasteiger partial charge in [-0.15, -0.1) is 0 Å². The number of aryl methyl sites for hydroxylation is 1. The number of imidazole rings is 1. The number of aromatic amines is 1. The number of hydrogen-bond acceptors (Lipinski definition) is 3. The molecule has 5 heteroatoms. The lowest BCUT2D eigenvalue weighted by Crippen LogP contribution is -2.14. The van der Waals surface area contributed by atoms with Crippen molar-refractivity contribution in [1.29, 1.82) is 0 Å². The van der Waals surface area contributed by atoms with Crippen molar-refractivity contribution in [2.45, 2.75) is 18.9 Å². The second-order valence-corrected chi connectivity index (χ2v) is 5.41. The average molecular weight is 267 g/mol. The number of hydrogen-bond donors (Lipinski definition) is 2. The van der Waals surface area contributed by atoms with Crippen LogP contribution in [0.25, 0.3) is 22.2 Å². The van der Waals surface area contributed by atoms with Gasteiger partial charge in [-0.2, -0.15) is 5.10 Å². The Hall–Kier alpha value is -2.14. The van der Waals surface area contributed by atoms with Crippen molar-refractivity contribution < 1.29 is 0 Å². The van der Waals surface area contributed by atoms with E-state index in [9.17, 15) is 0 Å². The summed E-state index contributed by atoms with van der Waals surface area (Å²) in [6, 6.07) is 6.80. The fourth-order valence-corrected chi connectivity index (χ4v) is 3.03. The zero-order valence-corrected chi connectivity index (χ0v) is 11.4. The molecule has 1 atom stereocenters. The van der Waals surface area contributed by atoms with Crippen molar-refractivity contribution in [3.05, 3.63) is 36.4 Å². The molecule has 0 bridgehead atoms. The third-order valence-corrected chi connectivity index (χ3v) is 4.11. The number of benzene rings is 1. The number of fused-ring (bicyclic) bond motifs is 1. The van der Waals surface area contributed by atoms with Crippen LogP contribution in [0.5, 0.6) is 0 Å². The highest BCUT2D eigenvalue weighted by atomic mass is 15.1. The Morgan fingerprint density at radius 1 is 1.35 bits per heavy atom. The lowest BCUT2D eigenvalue weighted by molar-refractivity contribution is 0.626. The summed E-state index contributed by atoms with van der Waals surface area (Å²) in [4.78, 5) is 4.43. The van der Waals surface area contributed by atoms with Crippen LogP contribution < -0.4 is 5.32 Å². The molecule has 1 unspecified atom stereocenters. The van der Waals surface area contributed by atoms with E-state index in [-0.39, 0.29) is 0 Å². The molecule has 1 aliphatic rings. The topological polar surface area (TPSA) is 58.5 Å². The lowest BCUT2D eigenvalue weighted by atomic mass is 10.0. The zero-order valence-electron chi connectivity index (χ0n) is 11.4. The molecule has 2 aromatic heterocycles. The van der Waals surface area contributed by atoms with E-state index < -0.39 is 0 Å². The maximum Gasteiger partial charge on any atom is 0.0955 e. The number of nitrogens with one attached hydrogen (secondary N) is 2. The predicted molar refractivity (Wildman–Crippen MR) is 78.3 cm³/mol. The molecular weight excluding hydrogens is 250 g/mol. The maximum atomic E-state index is 4.43. The monoisotopic (exact) mass is 267 g/mol. The van der Waals surface area contributed by atoms with Crippen LogP contribution in [0, 0.1) is 0 Å². The average Bonchev–Trinajstić information content (AvgIpc) is 3.18. The van der Waals surface area contributed by atoms with Gasteiger partial charge in [0.15, 0.2) is 0 Å². The van der Waals surface area contributed by atoms with Gasteiger partial charge in [-0.3, -0.25) is 5.10 Å². The molecule has 20 heavy (non-hydrogen) atoms. The highest BCUT2D eigenvalue weighted by Gasteiger charge is 2.21. The molecule has 3 aromatic rings. The number of H-pyrrole nitrogens is 1. The van der Waals surface area contributed by atoms with Crippen molar-refractivity contribution in [2.24, 2.45) is 7.05 Å². The van der Waals surface area contributed by atoms with Gasteiger partial charge in [0.1, 0.15) is 0 Å². The van der Waals surface area contributed by atoms with Gasteiger partial charge < -0.3 is 9.88 Å². The van der Waals surface area contributed by atoms with Crippen LogP contribution in [-0.4, -0.2) is 26.3 Å². The molecule has 1 fully saturated rings. The van der Waals surface area contributed by atoms with Crippen LogP contribution in [0.4, 0.5) is 0 Å². The van der Waals surface area contributed by atoms with Crippen LogP contribution in [0.15, 0.2) is 30.7 Å². The van der Waals surface area contributed by atoms with Gasteiger partial charge in [0, 0.05) is 18.7 Å². The van der Waals surface area contributed by atoms with Gasteiger partial charge in [0.2, 0.25) is 0 Å². The predicted octanol–water partition coefficient (Wildman–Crippen LogP) is 2.39. The highest BCUT2D eigenvalue weighted by Crippen LogP contribution is 2.32. The van der Waals surface area contributed by atoms with E-state index in [0.717, 1.165) is 17.6 Å². The molecule has 0 radical (unpaired) electrons. The van der Waals surface area contributed by atoms with Crippen LogP contribution in [0.2, 0.25) is 0 Å². The standard InChI is InChI=1S/C15H17N5/c1-20-9-17-13-7-10(4-5-14(13)20)11-8-18-19-15(11)12-3-2-6-16-12/h4-5,7-9,12,16H,2-3,6H2,1H3,(H,18,19). The SMILES string of the molecule is Cn1cnc2cc(-c3cn[nH]c3C3CCCN3)ccc21. The Labute approximate surface area is 117 Å². The van der Waals surface area contributed by atoms with Gasteiger partial charge in [-0.25, -0.2) is 4.98 Å². The molecule has 1 saturated heterocycles. The summed E-state index contributed by atoms with van der Waals surface area (Å²) in [5.41, 5.74) is 5.72. The Balaban J connectivity index is 1.80. The van der Waals surface area contributed by atoms with Crippen molar-refractivity contribution in [3.8, 4) is 11.1 Å². The number of aromatic nitrogens is 4. The van der Waals surface area contributed by atoms with Gasteiger partial charge in [0.25, 0.3) is 0 Å². The second-order valence-electron chi connectivity index (χ2n) is 5.41. The van der Waals surface area contributed by atoms with Crippen molar-refractivity contribution in [2.75, 3.05) is 6.54 Å². The van der Waals surface area contributed by atoms with E-state index in [1.165, 1.54) is 29.7 Å². The summed E-state index contributed by atoms with van der Waals surface area (Å²) in [7, 11) is 2.01. The summed E-state index contributed by atoms with van der Waals surface area (Å²) < 4.78 is 2.04. The van der Waals surface area contributed by atoms with Crippen molar-refractivity contribution >= 4 is 11.0 Å². The van der Waals surface area contributed by atoms with E-state index in [4.69, 9.17) is 0 Å². The Morgan fingerprint density at radius 3 is 3.15 bits per heavy atom. The maximum absolute atomic E-state index is 4.43. The largest absolute Gasteiger partial charge is 0.334 e. The first-order valence-corrected chi connectivity index (χ1v) is 7.01. The normalized spacial score (nSPS) is 18.9. The fourth-order valence-electron chi connectivity index (χ4n) is 3.03. The molecule has 3 heterocycles. The zero-order chi connectivity index (χ0) is 13.5. The van der Waals surface area contributed by atoms with E-state index in [2.05, 4.69) is 38.7 Å². The Kier molecular flexibility index (Phi) is 2.60. The summed E-state index contributed by atoms with van der Waals surface area (Å²) >= 11 is 0.